The van der Waals surface area contributed by atoms with Crippen molar-refractivity contribution in [2.24, 2.45) is 16.5 Å². The van der Waals surface area contributed by atoms with Crippen molar-refractivity contribution in [2.45, 2.75) is 20.4 Å². The third-order valence-corrected chi connectivity index (χ3v) is 3.02. The van der Waals surface area contributed by atoms with Crippen LogP contribution in [0.3, 0.4) is 0 Å². The number of aliphatic imine (C=N–C) groups is 1. The predicted octanol–water partition coefficient (Wildman–Crippen LogP) is 1.62. The molecule has 20 heavy (non-hydrogen) atoms. The summed E-state index contributed by atoms with van der Waals surface area (Å²) in [6.45, 7) is 4.72. The van der Waals surface area contributed by atoms with Crippen molar-refractivity contribution < 1.29 is 4.74 Å². The Bertz CT molecular complexity index is 604. The van der Waals surface area contributed by atoms with E-state index >= 15 is 0 Å². The fourth-order valence-electron chi connectivity index (χ4n) is 2.03. The number of aromatic nitrogens is 2. The molecule has 2 rings (SSSR count). The van der Waals surface area contributed by atoms with Crippen LogP contribution in [0.1, 0.15) is 18.1 Å². The van der Waals surface area contributed by atoms with Crippen LogP contribution < -0.4 is 11.5 Å². The maximum absolute atomic E-state index is 5.86. The first kappa shape index (κ1) is 14.1. The van der Waals surface area contributed by atoms with E-state index < -0.39 is 0 Å². The maximum Gasteiger partial charge on any atom is 0.287 e. The number of nitrogens with two attached hydrogens (primary N) is 2. The fraction of sp³-hybridized carbons (Fsp3) is 0.286. The first-order valence-corrected chi connectivity index (χ1v) is 6.46. The lowest BCUT2D eigenvalue weighted by molar-refractivity contribution is 0.322. The summed E-state index contributed by atoms with van der Waals surface area (Å²) >= 11 is 0. The van der Waals surface area contributed by atoms with E-state index in [1.807, 2.05) is 38.2 Å². The number of hydrogen-bond acceptors (Lipinski definition) is 4. The van der Waals surface area contributed by atoms with Gasteiger partial charge in [-0.05, 0) is 43.2 Å². The minimum Gasteiger partial charge on any atom is -0.465 e. The van der Waals surface area contributed by atoms with Gasteiger partial charge in [0, 0.05) is 18.9 Å². The van der Waals surface area contributed by atoms with E-state index in [0.717, 1.165) is 22.5 Å². The molecule has 0 unspecified atom stereocenters. The van der Waals surface area contributed by atoms with Crippen LogP contribution in [0.25, 0.3) is 5.69 Å². The van der Waals surface area contributed by atoms with Crippen LogP contribution in [0, 0.1) is 6.92 Å². The fourth-order valence-corrected chi connectivity index (χ4v) is 2.03. The second-order valence-corrected chi connectivity index (χ2v) is 4.25. The van der Waals surface area contributed by atoms with Gasteiger partial charge in [-0.25, -0.2) is 4.68 Å². The first-order chi connectivity index (χ1) is 9.67. The Morgan fingerprint density at radius 2 is 2.25 bits per heavy atom. The molecule has 0 spiro atoms. The molecule has 4 N–H and O–H groups in total. The summed E-state index contributed by atoms with van der Waals surface area (Å²) in [6, 6.07) is 5.84. The van der Waals surface area contributed by atoms with Crippen LogP contribution in [-0.4, -0.2) is 22.4 Å². The zero-order valence-corrected chi connectivity index (χ0v) is 11.7. The SMILES string of the molecule is CCOC(N)=Nc1ccc(-n2cccn2)c(CN)c1C. The van der Waals surface area contributed by atoms with Crippen LogP contribution in [0.2, 0.25) is 0 Å². The Kier molecular flexibility index (Phi) is 4.37. The van der Waals surface area contributed by atoms with E-state index in [1.165, 1.54) is 0 Å². The Balaban J connectivity index is 2.47. The highest BCUT2D eigenvalue weighted by atomic mass is 16.5. The summed E-state index contributed by atoms with van der Waals surface area (Å²) in [5.74, 6) is 0. The van der Waals surface area contributed by atoms with Crippen LogP contribution in [0.15, 0.2) is 35.6 Å². The zero-order chi connectivity index (χ0) is 14.5. The average Bonchev–Trinajstić information content (AvgIpc) is 2.95. The molecule has 1 aromatic carbocycles. The average molecular weight is 273 g/mol. The summed E-state index contributed by atoms with van der Waals surface area (Å²) in [5.41, 5.74) is 15.2. The van der Waals surface area contributed by atoms with Gasteiger partial charge < -0.3 is 16.2 Å². The monoisotopic (exact) mass is 273 g/mol. The molecule has 0 saturated carbocycles. The molecule has 0 radical (unpaired) electrons. The summed E-state index contributed by atoms with van der Waals surface area (Å²) in [5, 5.41) is 4.23. The molecule has 0 aliphatic carbocycles. The van der Waals surface area contributed by atoms with Gasteiger partial charge in [-0.15, -0.1) is 0 Å². The van der Waals surface area contributed by atoms with Crippen molar-refractivity contribution in [2.75, 3.05) is 6.61 Å². The van der Waals surface area contributed by atoms with Crippen molar-refractivity contribution >= 4 is 11.7 Å². The molecule has 0 fully saturated rings. The van der Waals surface area contributed by atoms with E-state index in [0.29, 0.717) is 13.2 Å². The van der Waals surface area contributed by atoms with Gasteiger partial charge in [-0.1, -0.05) is 0 Å². The molecule has 0 amide bonds. The van der Waals surface area contributed by atoms with Gasteiger partial charge in [0.05, 0.1) is 18.0 Å². The standard InChI is InChI=1S/C14H19N5O/c1-3-20-14(16)18-12-5-6-13(11(9-15)10(12)2)19-8-4-7-17-19/h4-8H,3,9,15H2,1-2H3,(H2,16,18). The molecule has 1 aromatic heterocycles. The third-order valence-electron chi connectivity index (χ3n) is 3.02. The highest BCUT2D eigenvalue weighted by Crippen LogP contribution is 2.27. The van der Waals surface area contributed by atoms with Crippen LogP contribution in [0.4, 0.5) is 5.69 Å². The number of nitrogens with zero attached hydrogens (tertiary/aromatic N) is 3. The Morgan fingerprint density at radius 1 is 1.45 bits per heavy atom. The molecule has 6 heteroatoms. The number of amidine groups is 1. The lowest BCUT2D eigenvalue weighted by Gasteiger charge is -2.13. The number of hydrogen-bond donors (Lipinski definition) is 2. The first-order valence-electron chi connectivity index (χ1n) is 6.46. The smallest absolute Gasteiger partial charge is 0.287 e. The Hall–Kier alpha value is -2.34. The molecule has 0 aliphatic rings. The van der Waals surface area contributed by atoms with E-state index in [9.17, 15) is 0 Å². The zero-order valence-electron chi connectivity index (χ0n) is 11.7. The molecule has 106 valence electrons. The molecule has 2 aromatic rings. The number of rotatable bonds is 4. The van der Waals surface area contributed by atoms with Crippen molar-refractivity contribution in [1.82, 2.24) is 9.78 Å². The largest absolute Gasteiger partial charge is 0.465 e. The highest BCUT2D eigenvalue weighted by Gasteiger charge is 2.10. The summed E-state index contributed by atoms with van der Waals surface area (Å²) in [7, 11) is 0. The summed E-state index contributed by atoms with van der Waals surface area (Å²) in [4.78, 5) is 4.27. The highest BCUT2D eigenvalue weighted by molar-refractivity contribution is 5.76. The van der Waals surface area contributed by atoms with Gasteiger partial charge in [0.2, 0.25) is 0 Å². The van der Waals surface area contributed by atoms with Crippen molar-refractivity contribution in [3.63, 3.8) is 0 Å². The predicted molar refractivity (Wildman–Crippen MR) is 79.1 cm³/mol. The molecule has 0 atom stereocenters. The van der Waals surface area contributed by atoms with Gasteiger partial charge in [-0.2, -0.15) is 10.1 Å². The molecular weight excluding hydrogens is 254 g/mol. The summed E-state index contributed by atoms with van der Waals surface area (Å²) in [6.07, 6.45) is 3.61. The molecule has 0 saturated heterocycles. The van der Waals surface area contributed by atoms with Crippen molar-refractivity contribution in [3.05, 3.63) is 41.7 Å². The van der Waals surface area contributed by atoms with Crippen LogP contribution in [-0.2, 0) is 11.3 Å². The molecule has 0 bridgehead atoms. The lowest BCUT2D eigenvalue weighted by atomic mass is 10.0. The maximum atomic E-state index is 5.86. The van der Waals surface area contributed by atoms with Gasteiger partial charge in [0.15, 0.2) is 0 Å². The minimum absolute atomic E-state index is 0.158. The van der Waals surface area contributed by atoms with Gasteiger partial charge in [-0.3, -0.25) is 0 Å². The van der Waals surface area contributed by atoms with E-state index in [2.05, 4.69) is 10.1 Å². The van der Waals surface area contributed by atoms with E-state index in [-0.39, 0.29) is 6.02 Å². The van der Waals surface area contributed by atoms with Gasteiger partial charge in [0.25, 0.3) is 6.02 Å². The third kappa shape index (κ3) is 2.80. The molecule has 6 nitrogen and oxygen atoms in total. The normalized spacial score (nSPS) is 11.7. The second-order valence-electron chi connectivity index (χ2n) is 4.25. The van der Waals surface area contributed by atoms with Crippen LogP contribution in [0.5, 0.6) is 0 Å². The molecule has 1 heterocycles. The number of ether oxygens (including phenoxy) is 1. The van der Waals surface area contributed by atoms with Crippen molar-refractivity contribution in [3.8, 4) is 5.69 Å². The second kappa shape index (κ2) is 6.21. The topological polar surface area (TPSA) is 91.5 Å². The summed E-state index contributed by atoms with van der Waals surface area (Å²) < 4.78 is 6.94. The molecule has 0 aliphatic heterocycles. The van der Waals surface area contributed by atoms with E-state index in [4.69, 9.17) is 16.2 Å². The van der Waals surface area contributed by atoms with Gasteiger partial charge in [0.1, 0.15) is 0 Å². The number of benzene rings is 1. The Labute approximate surface area is 118 Å². The Morgan fingerprint density at radius 3 is 2.85 bits per heavy atom. The van der Waals surface area contributed by atoms with Crippen molar-refractivity contribution in [1.29, 1.82) is 0 Å². The lowest BCUT2D eigenvalue weighted by Crippen LogP contribution is -2.15. The van der Waals surface area contributed by atoms with Crippen LogP contribution >= 0.6 is 0 Å². The van der Waals surface area contributed by atoms with Gasteiger partial charge >= 0.3 is 0 Å². The quantitative estimate of drug-likeness (QED) is 0.654. The minimum atomic E-state index is 0.158. The van der Waals surface area contributed by atoms with E-state index in [1.54, 1.807) is 10.9 Å². The molecular formula is C14H19N5O.